The highest BCUT2D eigenvalue weighted by Crippen LogP contribution is 2.22. The van der Waals surface area contributed by atoms with Crippen LogP contribution < -0.4 is 19.8 Å². The summed E-state index contributed by atoms with van der Waals surface area (Å²) in [5, 5.41) is 9.58. The van der Waals surface area contributed by atoms with Crippen molar-refractivity contribution in [2.45, 2.75) is 45.9 Å². The average molecular weight is 763 g/mol. The molecule has 0 bridgehead atoms. The van der Waals surface area contributed by atoms with Gasteiger partial charge in [-0.25, -0.2) is 29.0 Å². The highest BCUT2D eigenvalue weighted by Gasteiger charge is 2.37. The quantitative estimate of drug-likeness (QED) is 0.0830. The van der Waals surface area contributed by atoms with Gasteiger partial charge in [0.1, 0.15) is 11.5 Å². The van der Waals surface area contributed by atoms with Crippen LogP contribution in [0.1, 0.15) is 52.9 Å². The van der Waals surface area contributed by atoms with E-state index in [1.807, 2.05) is 12.1 Å². The van der Waals surface area contributed by atoms with Gasteiger partial charge in [0, 0.05) is 0 Å². The molecule has 0 atom stereocenters. The summed E-state index contributed by atoms with van der Waals surface area (Å²) >= 11 is 4.25. The molecule has 16 nitrogen and oxygen atoms in total. The second kappa shape index (κ2) is 20.9. The van der Waals surface area contributed by atoms with Gasteiger partial charge in [0.15, 0.2) is 0 Å². The van der Waals surface area contributed by atoms with Crippen molar-refractivity contribution in [3.8, 4) is 17.4 Å². The molecular formula is C31H35ClF4N6O10. The lowest BCUT2D eigenvalue weighted by atomic mass is 10.2. The number of aromatic amines is 1. The first-order valence-corrected chi connectivity index (χ1v) is 15.4. The van der Waals surface area contributed by atoms with Gasteiger partial charge >= 0.3 is 35.5 Å². The number of benzene rings is 2. The normalized spacial score (nSPS) is 10.6. The number of alkyl halides is 5. The number of carbonyl (C=O) groups is 3. The van der Waals surface area contributed by atoms with Crippen molar-refractivity contribution in [2.75, 3.05) is 34.0 Å². The number of esters is 3. The Balaban J connectivity index is 0.000000295. The maximum atomic E-state index is 12.6. The fourth-order valence-corrected chi connectivity index (χ4v) is 3.79. The SMILES string of the molecule is CCOC(=O)C(F)(F)Cl.CCOC(=O)c1n[nH]n(Cc2ccc(OC)cc2)c1=O.CCOC(=O)c1nnn(Cc2ccc(OC)cc2)c1OC(F)F. The third-order valence-electron chi connectivity index (χ3n) is 6.06. The van der Waals surface area contributed by atoms with Crippen LogP contribution in [0, 0.1) is 0 Å². The molecule has 52 heavy (non-hydrogen) atoms. The number of hydrogen-bond donors (Lipinski definition) is 1. The first-order valence-electron chi connectivity index (χ1n) is 15.1. The van der Waals surface area contributed by atoms with Crippen molar-refractivity contribution in [3.63, 3.8) is 0 Å². The van der Waals surface area contributed by atoms with E-state index in [9.17, 15) is 36.7 Å². The van der Waals surface area contributed by atoms with Crippen LogP contribution in [0.4, 0.5) is 17.6 Å². The topological polar surface area (TPSA) is 188 Å². The Kier molecular flexibility index (Phi) is 17.1. The lowest BCUT2D eigenvalue weighted by Crippen LogP contribution is -2.23. The summed E-state index contributed by atoms with van der Waals surface area (Å²) in [6.07, 6.45) is 0. The Morgan fingerprint density at radius 2 is 1.29 bits per heavy atom. The standard InChI is InChI=1S/C14H15F2N3O4.C13H15N3O4.C4H5ClF2O2/c1-3-22-13(20)11-12(23-14(15)16)19(18-17-11)8-9-4-6-10(21-2)7-5-9;1-3-20-13(18)11-12(17)16(15-14-11)8-9-4-6-10(19-2)7-5-9;1-2-9-3(8)4(5,6)7/h4-7,14H,3,8H2,1-2H3;4-7,15H,3,8H2,1-2H3;2H2,1H3. The molecule has 2 aromatic heterocycles. The molecule has 0 amide bonds. The van der Waals surface area contributed by atoms with Crippen molar-refractivity contribution in [1.82, 2.24) is 30.0 Å². The highest BCUT2D eigenvalue weighted by atomic mass is 35.5. The fraction of sp³-hybridized carbons (Fsp3) is 0.387. The number of carbonyl (C=O) groups excluding carboxylic acids is 3. The largest absolute Gasteiger partial charge is 0.497 e. The number of ether oxygens (including phenoxy) is 6. The van der Waals surface area contributed by atoms with Gasteiger partial charge in [0.2, 0.25) is 11.4 Å². The lowest BCUT2D eigenvalue weighted by molar-refractivity contribution is -0.160. The van der Waals surface area contributed by atoms with Crippen LogP contribution in [0.3, 0.4) is 0 Å². The van der Waals surface area contributed by atoms with E-state index in [0.717, 1.165) is 21.6 Å². The number of methoxy groups -OCH3 is 2. The Bertz CT molecular complexity index is 1780. The van der Waals surface area contributed by atoms with Crippen LogP contribution in [-0.2, 0) is 32.1 Å². The van der Waals surface area contributed by atoms with Crippen LogP contribution in [0.15, 0.2) is 53.3 Å². The molecule has 2 heterocycles. The smallest absolute Gasteiger partial charge is 0.417 e. The van der Waals surface area contributed by atoms with Gasteiger partial charge in [-0.2, -0.15) is 17.6 Å². The molecule has 1 N–H and O–H groups in total. The van der Waals surface area contributed by atoms with Gasteiger partial charge < -0.3 is 28.4 Å². The molecular weight excluding hydrogens is 728 g/mol. The van der Waals surface area contributed by atoms with E-state index in [1.165, 1.54) is 18.7 Å². The molecule has 0 fully saturated rings. The molecule has 0 aliphatic heterocycles. The molecule has 21 heteroatoms. The summed E-state index contributed by atoms with van der Waals surface area (Å²) in [7, 11) is 3.12. The minimum absolute atomic E-state index is 0.0816. The van der Waals surface area contributed by atoms with Gasteiger partial charge in [0.25, 0.3) is 5.88 Å². The summed E-state index contributed by atoms with van der Waals surface area (Å²) in [5.41, 5.74) is 0.498. The van der Waals surface area contributed by atoms with Gasteiger partial charge in [-0.05, 0) is 67.8 Å². The van der Waals surface area contributed by atoms with Crippen molar-refractivity contribution >= 4 is 29.5 Å². The third-order valence-corrected chi connectivity index (χ3v) is 6.21. The Labute approximate surface area is 298 Å². The summed E-state index contributed by atoms with van der Waals surface area (Å²) in [6, 6.07) is 14.1. The number of halogens is 5. The van der Waals surface area contributed by atoms with Crippen LogP contribution in [-0.4, -0.2) is 93.9 Å². The Morgan fingerprint density at radius 1 is 0.808 bits per heavy atom. The molecule has 2 aromatic carbocycles. The molecule has 0 spiro atoms. The van der Waals surface area contributed by atoms with Crippen LogP contribution in [0.2, 0.25) is 0 Å². The zero-order valence-corrected chi connectivity index (χ0v) is 29.2. The molecule has 4 aromatic rings. The highest BCUT2D eigenvalue weighted by molar-refractivity contribution is 6.31. The minimum atomic E-state index is -3.88. The van der Waals surface area contributed by atoms with E-state index in [1.54, 1.807) is 57.4 Å². The van der Waals surface area contributed by atoms with Gasteiger partial charge in [0.05, 0.1) is 47.1 Å². The van der Waals surface area contributed by atoms with E-state index in [4.69, 9.17) is 18.9 Å². The number of aromatic nitrogens is 6. The van der Waals surface area contributed by atoms with Gasteiger partial charge in [-0.3, -0.25) is 4.79 Å². The van der Waals surface area contributed by atoms with Crippen LogP contribution >= 0.6 is 11.6 Å². The molecule has 4 rings (SSSR count). The van der Waals surface area contributed by atoms with Crippen molar-refractivity contribution < 1.29 is 60.4 Å². The monoisotopic (exact) mass is 762 g/mol. The molecule has 0 aliphatic rings. The van der Waals surface area contributed by atoms with E-state index >= 15 is 0 Å². The zero-order valence-electron chi connectivity index (χ0n) is 28.4. The summed E-state index contributed by atoms with van der Waals surface area (Å²) in [6.45, 7) is 2.13. The maximum Gasteiger partial charge on any atom is 0.417 e. The summed E-state index contributed by atoms with van der Waals surface area (Å²) in [4.78, 5) is 45.1. The van der Waals surface area contributed by atoms with E-state index < -0.39 is 41.3 Å². The van der Waals surface area contributed by atoms with E-state index in [2.05, 4.69) is 41.7 Å². The molecule has 0 radical (unpaired) electrons. The second-order valence-corrected chi connectivity index (χ2v) is 10.1. The lowest BCUT2D eigenvalue weighted by Gasteiger charge is -2.09. The second-order valence-electron chi connectivity index (χ2n) is 9.59. The maximum absolute atomic E-state index is 12.6. The fourth-order valence-electron chi connectivity index (χ4n) is 3.74. The zero-order chi connectivity index (χ0) is 38.8. The number of H-pyrrole nitrogens is 1. The molecule has 284 valence electrons. The molecule has 0 saturated carbocycles. The Morgan fingerprint density at radius 3 is 1.71 bits per heavy atom. The predicted molar refractivity (Wildman–Crippen MR) is 173 cm³/mol. The predicted octanol–water partition coefficient (Wildman–Crippen LogP) is 4.30. The minimum Gasteiger partial charge on any atom is -0.497 e. The first kappa shape index (κ1) is 42.5. The summed E-state index contributed by atoms with van der Waals surface area (Å²) < 4.78 is 78.5. The Hall–Kier alpha value is -5.66. The van der Waals surface area contributed by atoms with E-state index in [-0.39, 0.29) is 44.3 Å². The number of nitrogens with zero attached hydrogens (tertiary/aromatic N) is 5. The van der Waals surface area contributed by atoms with Crippen molar-refractivity contribution in [2.24, 2.45) is 0 Å². The van der Waals surface area contributed by atoms with Crippen molar-refractivity contribution in [3.05, 3.63) is 81.4 Å². The number of hydrogen-bond acceptors (Lipinski definition) is 13. The average Bonchev–Trinajstić information content (AvgIpc) is 3.67. The van der Waals surface area contributed by atoms with Crippen LogP contribution in [0.5, 0.6) is 17.4 Å². The van der Waals surface area contributed by atoms with Gasteiger partial charge in [-0.1, -0.05) is 29.5 Å². The van der Waals surface area contributed by atoms with Crippen LogP contribution in [0.25, 0.3) is 0 Å². The van der Waals surface area contributed by atoms with E-state index in [0.29, 0.717) is 5.75 Å². The molecule has 0 unspecified atom stereocenters. The number of rotatable bonds is 14. The van der Waals surface area contributed by atoms with Crippen molar-refractivity contribution in [1.29, 1.82) is 0 Å². The molecule has 0 aliphatic carbocycles. The van der Waals surface area contributed by atoms with Gasteiger partial charge in [-0.15, -0.1) is 10.2 Å². The number of nitrogens with one attached hydrogen (secondary N) is 1. The summed E-state index contributed by atoms with van der Waals surface area (Å²) in [5.74, 6) is -2.34. The first-order chi connectivity index (χ1) is 24.7. The molecule has 0 saturated heterocycles. The third kappa shape index (κ3) is 13.2.